The van der Waals surface area contributed by atoms with E-state index in [2.05, 4.69) is 50.8 Å². The number of aryl methyl sites for hydroxylation is 1. The maximum atomic E-state index is 12.8. The zero-order chi connectivity index (χ0) is 21.4. The zero-order valence-electron chi connectivity index (χ0n) is 17.7. The number of nitrogens with one attached hydrogen (secondary N) is 1. The number of fused-ring (bicyclic) bond motifs is 1. The standard InChI is InChI=1S/C21H26N8O/c1-13(9-29-21(22-5)24-16(4)26-29)18-8-20(30)28-12-17(6-7-19(28)25-18)27-10-14(2)23-15(3)11-27/h6-9,12,14-15,23H,5,10-11H2,1-4H3/b13-9+/t14-,15-/m0/s1. The van der Waals surface area contributed by atoms with Crippen molar-refractivity contribution in [3.8, 4) is 0 Å². The Bertz CT molecular complexity index is 1180. The third kappa shape index (κ3) is 3.88. The number of anilines is 1. The highest BCUT2D eigenvalue weighted by Gasteiger charge is 2.21. The highest BCUT2D eigenvalue weighted by atomic mass is 16.1. The molecule has 30 heavy (non-hydrogen) atoms. The van der Waals surface area contributed by atoms with Gasteiger partial charge in [0.25, 0.3) is 11.5 Å². The summed E-state index contributed by atoms with van der Waals surface area (Å²) in [6, 6.07) is 6.24. The molecule has 0 aromatic carbocycles. The molecule has 0 radical (unpaired) electrons. The van der Waals surface area contributed by atoms with E-state index in [0.717, 1.165) is 24.4 Å². The molecule has 0 unspecified atom stereocenters. The molecule has 0 spiro atoms. The molecule has 9 nitrogen and oxygen atoms in total. The van der Waals surface area contributed by atoms with E-state index in [9.17, 15) is 4.79 Å². The number of nitrogens with zero attached hydrogens (tertiary/aromatic N) is 7. The van der Waals surface area contributed by atoms with E-state index in [4.69, 9.17) is 0 Å². The van der Waals surface area contributed by atoms with Gasteiger partial charge in [-0.05, 0) is 52.1 Å². The average Bonchev–Trinajstić information content (AvgIpc) is 3.06. The molecule has 156 valence electrons. The number of aliphatic imine (C=N–C) groups is 1. The van der Waals surface area contributed by atoms with Gasteiger partial charge in [-0.2, -0.15) is 10.1 Å². The summed E-state index contributed by atoms with van der Waals surface area (Å²) in [5.74, 6) is 0.991. The van der Waals surface area contributed by atoms with Crippen molar-refractivity contribution >= 4 is 35.8 Å². The Hall–Kier alpha value is -3.33. The fourth-order valence-electron chi connectivity index (χ4n) is 3.88. The predicted octanol–water partition coefficient (Wildman–Crippen LogP) is 2.13. The number of piperazine rings is 1. The first-order valence-corrected chi connectivity index (χ1v) is 9.97. The van der Waals surface area contributed by atoms with Crippen LogP contribution in [0.15, 0.2) is 34.2 Å². The van der Waals surface area contributed by atoms with Crippen molar-refractivity contribution in [2.75, 3.05) is 18.0 Å². The highest BCUT2D eigenvalue weighted by molar-refractivity contribution is 5.73. The van der Waals surface area contributed by atoms with Crippen LogP contribution in [-0.2, 0) is 0 Å². The number of aromatic nitrogens is 5. The quantitative estimate of drug-likeness (QED) is 0.668. The Morgan fingerprint density at radius 1 is 1.27 bits per heavy atom. The van der Waals surface area contributed by atoms with Crippen molar-refractivity contribution < 1.29 is 0 Å². The van der Waals surface area contributed by atoms with E-state index >= 15 is 0 Å². The van der Waals surface area contributed by atoms with Gasteiger partial charge in [-0.1, -0.05) is 0 Å². The summed E-state index contributed by atoms with van der Waals surface area (Å²) in [5.41, 5.74) is 2.85. The van der Waals surface area contributed by atoms with Gasteiger partial charge in [0.05, 0.1) is 11.4 Å². The summed E-state index contributed by atoms with van der Waals surface area (Å²) in [4.78, 5) is 27.9. The van der Waals surface area contributed by atoms with E-state index in [1.54, 1.807) is 17.5 Å². The molecule has 0 amide bonds. The van der Waals surface area contributed by atoms with Gasteiger partial charge in [-0.15, -0.1) is 0 Å². The molecule has 0 aliphatic carbocycles. The lowest BCUT2D eigenvalue weighted by Crippen LogP contribution is -2.54. The Morgan fingerprint density at radius 3 is 2.70 bits per heavy atom. The van der Waals surface area contributed by atoms with Crippen LogP contribution in [0.4, 0.5) is 11.6 Å². The molecule has 4 heterocycles. The minimum Gasteiger partial charge on any atom is -0.367 e. The molecule has 1 N–H and O–H groups in total. The van der Waals surface area contributed by atoms with Crippen LogP contribution in [-0.4, -0.2) is 56.0 Å². The van der Waals surface area contributed by atoms with Gasteiger partial charge in [-0.3, -0.25) is 9.20 Å². The van der Waals surface area contributed by atoms with Crippen molar-refractivity contribution in [2.45, 2.75) is 39.8 Å². The number of allylic oxidation sites excluding steroid dienone is 1. The van der Waals surface area contributed by atoms with Crippen LogP contribution >= 0.6 is 0 Å². The molecule has 0 saturated carbocycles. The first-order valence-electron chi connectivity index (χ1n) is 9.97. The average molecular weight is 406 g/mol. The van der Waals surface area contributed by atoms with Crippen LogP contribution in [0, 0.1) is 6.92 Å². The second kappa shape index (κ2) is 7.83. The van der Waals surface area contributed by atoms with Gasteiger partial charge in [0.2, 0.25) is 0 Å². The fourth-order valence-corrected chi connectivity index (χ4v) is 3.88. The van der Waals surface area contributed by atoms with Gasteiger partial charge >= 0.3 is 0 Å². The molecule has 2 atom stereocenters. The van der Waals surface area contributed by atoms with Gasteiger partial charge in [0, 0.05) is 43.6 Å². The Kier molecular flexibility index (Phi) is 5.21. The van der Waals surface area contributed by atoms with E-state index in [0.29, 0.717) is 35.2 Å². The van der Waals surface area contributed by atoms with Crippen LogP contribution in [0.3, 0.4) is 0 Å². The Labute approximate surface area is 174 Å². The minimum absolute atomic E-state index is 0.127. The lowest BCUT2D eigenvalue weighted by Gasteiger charge is -2.37. The first kappa shape index (κ1) is 20.0. The molecule has 1 aliphatic heterocycles. The number of hydrogen-bond acceptors (Lipinski definition) is 7. The van der Waals surface area contributed by atoms with Gasteiger partial charge in [0.15, 0.2) is 0 Å². The van der Waals surface area contributed by atoms with Gasteiger partial charge in [0.1, 0.15) is 11.5 Å². The molecule has 1 aliphatic rings. The summed E-state index contributed by atoms with van der Waals surface area (Å²) in [6.45, 7) is 13.3. The van der Waals surface area contributed by atoms with Gasteiger partial charge < -0.3 is 10.2 Å². The second-order valence-corrected chi connectivity index (χ2v) is 7.84. The zero-order valence-corrected chi connectivity index (χ0v) is 17.7. The molecule has 3 aromatic heterocycles. The van der Waals surface area contributed by atoms with Gasteiger partial charge in [-0.25, -0.2) is 14.7 Å². The maximum Gasteiger partial charge on any atom is 0.258 e. The number of hydrogen-bond donors (Lipinski definition) is 1. The molecule has 9 heteroatoms. The minimum atomic E-state index is -0.127. The SMILES string of the molecule is C=Nc1nc(C)nn1/C=C(\C)c1cc(=O)n2cc(N3C[C@H](C)N[C@@H](C)C3)ccc2n1. The molecule has 1 fully saturated rings. The van der Waals surface area contributed by atoms with E-state index < -0.39 is 0 Å². The fraction of sp³-hybridized carbons (Fsp3) is 0.381. The summed E-state index contributed by atoms with van der Waals surface area (Å²) < 4.78 is 3.14. The predicted molar refractivity (Wildman–Crippen MR) is 120 cm³/mol. The smallest absolute Gasteiger partial charge is 0.258 e. The molecule has 4 rings (SSSR count). The van der Waals surface area contributed by atoms with Crippen LogP contribution in [0.5, 0.6) is 0 Å². The Balaban J connectivity index is 1.70. The number of rotatable bonds is 4. The first-order chi connectivity index (χ1) is 14.3. The van der Waals surface area contributed by atoms with Crippen LogP contribution in [0.2, 0.25) is 0 Å². The van der Waals surface area contributed by atoms with Crippen molar-refractivity contribution in [3.05, 3.63) is 46.3 Å². The third-order valence-corrected chi connectivity index (χ3v) is 5.15. The van der Waals surface area contributed by atoms with E-state index in [1.807, 2.05) is 25.3 Å². The summed E-state index contributed by atoms with van der Waals surface area (Å²) in [7, 11) is 0. The number of pyridine rings is 1. The van der Waals surface area contributed by atoms with Crippen LogP contribution in [0.25, 0.3) is 17.4 Å². The van der Waals surface area contributed by atoms with Crippen molar-refractivity contribution in [2.24, 2.45) is 4.99 Å². The van der Waals surface area contributed by atoms with Crippen molar-refractivity contribution in [1.82, 2.24) is 29.5 Å². The topological polar surface area (TPSA) is 92.7 Å². The third-order valence-electron chi connectivity index (χ3n) is 5.15. The van der Waals surface area contributed by atoms with Crippen molar-refractivity contribution in [3.63, 3.8) is 0 Å². The summed E-state index contributed by atoms with van der Waals surface area (Å²) in [5, 5.41) is 7.81. The Morgan fingerprint density at radius 2 is 2.00 bits per heavy atom. The molecular formula is C21H26N8O. The molecule has 1 saturated heterocycles. The second-order valence-electron chi connectivity index (χ2n) is 7.84. The van der Waals surface area contributed by atoms with Crippen LogP contribution < -0.4 is 15.8 Å². The monoisotopic (exact) mass is 406 g/mol. The molecular weight excluding hydrogens is 380 g/mol. The summed E-state index contributed by atoms with van der Waals surface area (Å²) >= 11 is 0. The highest BCUT2D eigenvalue weighted by Crippen LogP contribution is 2.20. The normalized spacial score (nSPS) is 20.0. The summed E-state index contributed by atoms with van der Waals surface area (Å²) in [6.07, 6.45) is 3.62. The lowest BCUT2D eigenvalue weighted by molar-refractivity contribution is 0.407. The molecule has 3 aromatic rings. The lowest BCUT2D eigenvalue weighted by atomic mass is 10.1. The maximum absolute atomic E-state index is 12.8. The largest absolute Gasteiger partial charge is 0.367 e. The molecule has 0 bridgehead atoms. The van der Waals surface area contributed by atoms with Crippen molar-refractivity contribution in [1.29, 1.82) is 0 Å². The van der Waals surface area contributed by atoms with E-state index in [1.165, 1.54) is 10.7 Å². The van der Waals surface area contributed by atoms with E-state index in [-0.39, 0.29) is 5.56 Å². The van der Waals surface area contributed by atoms with Crippen LogP contribution in [0.1, 0.15) is 32.3 Å².